The number of amides is 1. The Hall–Kier alpha value is -2.90. The van der Waals surface area contributed by atoms with Crippen LogP contribution in [0.15, 0.2) is 27.6 Å². The van der Waals surface area contributed by atoms with Gasteiger partial charge < -0.3 is 19.1 Å². The summed E-state index contributed by atoms with van der Waals surface area (Å²) in [4.78, 5) is 19.2. The van der Waals surface area contributed by atoms with Crippen LogP contribution in [0.5, 0.6) is 5.75 Å². The molecule has 0 N–H and O–H groups in total. The fourth-order valence-corrected chi connectivity index (χ4v) is 4.58. The molecular formula is C19H20F4N4O5S. The minimum atomic E-state index is -4.72. The fourth-order valence-electron chi connectivity index (χ4n) is 3.94. The highest BCUT2D eigenvalue weighted by molar-refractivity contribution is 7.90. The molecule has 14 heteroatoms. The first-order valence-electron chi connectivity index (χ1n) is 10.1. The van der Waals surface area contributed by atoms with Crippen LogP contribution in [0.1, 0.15) is 25.2 Å². The third kappa shape index (κ3) is 4.89. The predicted octanol–water partition coefficient (Wildman–Crippen LogP) is 2.28. The Morgan fingerprint density at radius 1 is 1.15 bits per heavy atom. The average molecular weight is 492 g/mol. The first-order chi connectivity index (χ1) is 15.4. The molecule has 2 fully saturated rings. The SMILES string of the molecule is CS(=O)(=O)c1ccc(OC2CCN(C3CCN(c4noc(C(F)(F)F)n4)CC3)C2=O)c(F)c1. The predicted molar refractivity (Wildman–Crippen MR) is 105 cm³/mol. The smallest absolute Gasteiger partial charge is 0.471 e. The third-order valence-electron chi connectivity index (χ3n) is 5.64. The van der Waals surface area contributed by atoms with E-state index in [1.807, 2.05) is 0 Å². The molecule has 2 saturated heterocycles. The highest BCUT2D eigenvalue weighted by Gasteiger charge is 2.41. The Labute approximate surface area is 186 Å². The van der Waals surface area contributed by atoms with Crippen LogP contribution in [0.3, 0.4) is 0 Å². The lowest BCUT2D eigenvalue weighted by Crippen LogP contribution is -2.47. The molecule has 1 amide bonds. The molecule has 2 aliphatic heterocycles. The van der Waals surface area contributed by atoms with Gasteiger partial charge in [0.05, 0.1) is 4.90 Å². The number of benzene rings is 1. The van der Waals surface area contributed by atoms with E-state index in [0.29, 0.717) is 38.9 Å². The molecule has 1 atom stereocenters. The molecule has 0 radical (unpaired) electrons. The Morgan fingerprint density at radius 3 is 2.42 bits per heavy atom. The average Bonchev–Trinajstić information content (AvgIpc) is 3.37. The lowest BCUT2D eigenvalue weighted by atomic mass is 10.0. The number of nitrogens with zero attached hydrogens (tertiary/aromatic N) is 4. The molecule has 0 spiro atoms. The number of sulfone groups is 1. The zero-order valence-electron chi connectivity index (χ0n) is 17.4. The fraction of sp³-hybridized carbons (Fsp3) is 0.526. The number of hydrogen-bond donors (Lipinski definition) is 0. The molecule has 2 aromatic rings. The van der Waals surface area contributed by atoms with Gasteiger partial charge in [0.25, 0.3) is 11.9 Å². The van der Waals surface area contributed by atoms with Crippen molar-refractivity contribution in [2.24, 2.45) is 0 Å². The van der Waals surface area contributed by atoms with E-state index in [2.05, 4.69) is 14.7 Å². The van der Waals surface area contributed by atoms with Gasteiger partial charge in [0.2, 0.25) is 0 Å². The van der Waals surface area contributed by atoms with Crippen LogP contribution in [-0.2, 0) is 20.8 Å². The number of alkyl halides is 3. The number of aromatic nitrogens is 2. The van der Waals surface area contributed by atoms with E-state index in [4.69, 9.17) is 4.74 Å². The van der Waals surface area contributed by atoms with Crippen molar-refractivity contribution in [1.29, 1.82) is 0 Å². The number of ether oxygens (including phenoxy) is 1. The normalized spacial score (nSPS) is 20.5. The molecular weight excluding hydrogens is 472 g/mol. The minimum absolute atomic E-state index is 0.150. The van der Waals surface area contributed by atoms with Crippen molar-refractivity contribution >= 4 is 21.7 Å². The Kier molecular flexibility index (Phi) is 5.97. The van der Waals surface area contributed by atoms with Crippen LogP contribution in [-0.4, -0.2) is 67.4 Å². The molecule has 33 heavy (non-hydrogen) atoms. The second-order valence-corrected chi connectivity index (χ2v) is 9.92. The standard InChI is InChI=1S/C19H20F4N4O5S/c1-33(29,30)12-2-3-14(13(20)10-12)31-15-6-9-27(16(15)28)11-4-7-26(8-5-11)18-24-17(32-25-18)19(21,22)23/h2-3,10-11,15H,4-9H2,1H3. The molecule has 9 nitrogen and oxygen atoms in total. The minimum Gasteiger partial charge on any atom is -0.477 e. The number of rotatable bonds is 5. The first kappa shape index (κ1) is 23.3. The Balaban J connectivity index is 1.35. The van der Waals surface area contributed by atoms with E-state index < -0.39 is 33.8 Å². The third-order valence-corrected chi connectivity index (χ3v) is 6.75. The quantitative estimate of drug-likeness (QED) is 0.586. The number of carbonyl (C=O) groups is 1. The topological polar surface area (TPSA) is 106 Å². The summed E-state index contributed by atoms with van der Waals surface area (Å²) in [6.07, 6.45) is -3.39. The molecule has 0 bridgehead atoms. The number of anilines is 1. The van der Waals surface area contributed by atoms with Gasteiger partial charge in [0.15, 0.2) is 27.5 Å². The highest BCUT2D eigenvalue weighted by atomic mass is 32.2. The van der Waals surface area contributed by atoms with E-state index in [-0.39, 0.29) is 28.5 Å². The van der Waals surface area contributed by atoms with Crippen molar-refractivity contribution in [1.82, 2.24) is 15.0 Å². The molecule has 2 aliphatic rings. The van der Waals surface area contributed by atoms with E-state index in [9.17, 15) is 30.8 Å². The summed E-state index contributed by atoms with van der Waals surface area (Å²) < 4.78 is 85.1. The van der Waals surface area contributed by atoms with E-state index in [0.717, 1.165) is 12.3 Å². The number of hydrogen-bond acceptors (Lipinski definition) is 8. The van der Waals surface area contributed by atoms with E-state index in [1.165, 1.54) is 12.1 Å². The van der Waals surface area contributed by atoms with Gasteiger partial charge >= 0.3 is 12.1 Å². The van der Waals surface area contributed by atoms with Crippen molar-refractivity contribution in [3.05, 3.63) is 29.9 Å². The number of halogens is 4. The summed E-state index contributed by atoms with van der Waals surface area (Å²) >= 11 is 0. The molecule has 1 unspecified atom stereocenters. The van der Waals surface area contributed by atoms with Crippen molar-refractivity contribution in [3.63, 3.8) is 0 Å². The molecule has 4 rings (SSSR count). The van der Waals surface area contributed by atoms with Gasteiger partial charge in [-0.1, -0.05) is 0 Å². The van der Waals surface area contributed by atoms with Crippen LogP contribution < -0.4 is 9.64 Å². The summed E-state index contributed by atoms with van der Waals surface area (Å²) in [6, 6.07) is 3.08. The molecule has 0 saturated carbocycles. The van der Waals surface area contributed by atoms with Gasteiger partial charge in [-0.15, -0.1) is 0 Å². The van der Waals surface area contributed by atoms with Gasteiger partial charge in [0.1, 0.15) is 0 Å². The van der Waals surface area contributed by atoms with E-state index >= 15 is 0 Å². The van der Waals surface area contributed by atoms with E-state index in [1.54, 1.807) is 9.80 Å². The number of likely N-dealkylation sites (tertiary alicyclic amines) is 1. The second-order valence-electron chi connectivity index (χ2n) is 7.91. The largest absolute Gasteiger partial charge is 0.477 e. The summed E-state index contributed by atoms with van der Waals surface area (Å²) in [5, 5.41) is 3.38. The van der Waals surface area contributed by atoms with Crippen LogP contribution >= 0.6 is 0 Å². The van der Waals surface area contributed by atoms with Crippen molar-refractivity contribution in [2.45, 2.75) is 42.5 Å². The lowest BCUT2D eigenvalue weighted by molar-refractivity contribution is -0.159. The number of carbonyl (C=O) groups excluding carboxylic acids is 1. The maximum absolute atomic E-state index is 14.3. The van der Waals surface area contributed by atoms with Gasteiger partial charge in [-0.25, -0.2) is 12.8 Å². The van der Waals surface area contributed by atoms with Crippen LogP contribution in [0.25, 0.3) is 0 Å². The van der Waals surface area contributed by atoms with Gasteiger partial charge in [-0.3, -0.25) is 4.79 Å². The first-order valence-corrected chi connectivity index (χ1v) is 12.0. The molecule has 0 aliphatic carbocycles. The Morgan fingerprint density at radius 2 is 1.85 bits per heavy atom. The van der Waals surface area contributed by atoms with Crippen molar-refractivity contribution in [3.8, 4) is 5.75 Å². The van der Waals surface area contributed by atoms with Crippen LogP contribution in [0.2, 0.25) is 0 Å². The highest BCUT2D eigenvalue weighted by Crippen LogP contribution is 2.31. The van der Waals surface area contributed by atoms with Crippen LogP contribution in [0, 0.1) is 5.82 Å². The molecule has 180 valence electrons. The maximum atomic E-state index is 14.3. The molecule has 1 aromatic heterocycles. The Bertz CT molecular complexity index is 1150. The second kappa shape index (κ2) is 8.47. The van der Waals surface area contributed by atoms with Crippen molar-refractivity contribution < 1.29 is 40.0 Å². The van der Waals surface area contributed by atoms with Gasteiger partial charge in [-0.05, 0) is 36.2 Å². The summed E-state index contributed by atoms with van der Waals surface area (Å²) in [5.74, 6) is -2.97. The lowest BCUT2D eigenvalue weighted by Gasteiger charge is -2.36. The van der Waals surface area contributed by atoms with Gasteiger partial charge in [0, 0.05) is 38.4 Å². The van der Waals surface area contributed by atoms with Crippen LogP contribution in [0.4, 0.5) is 23.5 Å². The number of piperidine rings is 1. The summed E-state index contributed by atoms with van der Waals surface area (Å²) in [5.41, 5.74) is 0. The maximum Gasteiger partial charge on any atom is 0.471 e. The monoisotopic (exact) mass is 492 g/mol. The molecule has 3 heterocycles. The zero-order valence-corrected chi connectivity index (χ0v) is 18.2. The van der Waals surface area contributed by atoms with Gasteiger partial charge in [-0.2, -0.15) is 18.2 Å². The summed E-state index contributed by atoms with van der Waals surface area (Å²) in [7, 11) is -3.58. The zero-order chi connectivity index (χ0) is 24.0. The summed E-state index contributed by atoms with van der Waals surface area (Å²) in [6.45, 7) is 1.05. The van der Waals surface area contributed by atoms with Crippen molar-refractivity contribution in [2.75, 3.05) is 30.8 Å². The molecule has 1 aromatic carbocycles.